The molecule has 3 aliphatic rings. The van der Waals surface area contributed by atoms with Gasteiger partial charge in [0.1, 0.15) is 12.3 Å². The Balaban J connectivity index is 1.65. The van der Waals surface area contributed by atoms with Gasteiger partial charge in [0.25, 0.3) is 5.91 Å². The first-order valence-corrected chi connectivity index (χ1v) is 8.61. The molecule has 1 aromatic carbocycles. The second kappa shape index (κ2) is 5.89. The van der Waals surface area contributed by atoms with Crippen molar-refractivity contribution < 1.29 is 23.6 Å². The fourth-order valence-electron chi connectivity index (χ4n) is 4.03. The molecule has 2 saturated heterocycles. The molecule has 3 aliphatic heterocycles. The Morgan fingerprint density at radius 3 is 2.62 bits per heavy atom. The number of carbonyl (C=O) groups excluding carboxylic acids is 4. The van der Waals surface area contributed by atoms with E-state index < -0.39 is 29.7 Å². The van der Waals surface area contributed by atoms with Crippen LogP contribution in [0.15, 0.2) is 12.1 Å². The first kappa shape index (κ1) is 16.7. The fourth-order valence-corrected chi connectivity index (χ4v) is 4.03. The van der Waals surface area contributed by atoms with E-state index in [4.69, 9.17) is 0 Å². The van der Waals surface area contributed by atoms with Gasteiger partial charge in [0.2, 0.25) is 11.8 Å². The third kappa shape index (κ3) is 2.32. The highest BCUT2D eigenvalue weighted by molar-refractivity contribution is 6.06. The number of fused-ring (bicyclic) bond motifs is 1. The van der Waals surface area contributed by atoms with Crippen LogP contribution in [0, 0.1) is 11.7 Å². The molecule has 8 heteroatoms. The van der Waals surface area contributed by atoms with Gasteiger partial charge in [-0.05, 0) is 25.5 Å². The SMILES string of the molecule is CC1c2c(ccc(N3CC(C=O)C3)c2F)C(=O)N1C1CCC(=O)NC1=O. The number of amides is 3. The molecule has 2 fully saturated rings. The maximum Gasteiger partial charge on any atom is 0.255 e. The molecule has 7 nitrogen and oxygen atoms in total. The van der Waals surface area contributed by atoms with Crippen LogP contribution in [0.3, 0.4) is 0 Å². The van der Waals surface area contributed by atoms with Crippen LogP contribution in [-0.2, 0) is 14.4 Å². The second-order valence-electron chi connectivity index (χ2n) is 7.02. The van der Waals surface area contributed by atoms with Crippen LogP contribution in [0.1, 0.15) is 41.7 Å². The first-order valence-electron chi connectivity index (χ1n) is 8.61. The zero-order valence-electron chi connectivity index (χ0n) is 14.2. The van der Waals surface area contributed by atoms with Crippen LogP contribution in [0.2, 0.25) is 0 Å². The van der Waals surface area contributed by atoms with E-state index in [1.807, 2.05) is 0 Å². The van der Waals surface area contributed by atoms with Crippen LogP contribution in [-0.4, -0.2) is 48.0 Å². The molecule has 0 saturated carbocycles. The maximum atomic E-state index is 15.1. The van der Waals surface area contributed by atoms with E-state index >= 15 is 4.39 Å². The van der Waals surface area contributed by atoms with Crippen molar-refractivity contribution in [3.05, 3.63) is 29.1 Å². The molecule has 136 valence electrons. The van der Waals surface area contributed by atoms with Crippen molar-refractivity contribution in [2.24, 2.45) is 5.92 Å². The highest BCUT2D eigenvalue weighted by Crippen LogP contribution is 2.41. The molecule has 0 aliphatic carbocycles. The predicted octanol–water partition coefficient (Wildman–Crippen LogP) is 0.783. The molecule has 3 heterocycles. The summed E-state index contributed by atoms with van der Waals surface area (Å²) in [6.45, 7) is 2.60. The smallest absolute Gasteiger partial charge is 0.255 e. The lowest BCUT2D eigenvalue weighted by Gasteiger charge is -2.38. The third-order valence-electron chi connectivity index (χ3n) is 5.45. The van der Waals surface area contributed by atoms with E-state index in [1.54, 1.807) is 24.0 Å². The minimum absolute atomic E-state index is 0.0957. The molecule has 0 bridgehead atoms. The zero-order valence-corrected chi connectivity index (χ0v) is 14.2. The number of piperidine rings is 1. The van der Waals surface area contributed by atoms with Gasteiger partial charge < -0.3 is 14.6 Å². The van der Waals surface area contributed by atoms with Gasteiger partial charge in [-0.15, -0.1) is 0 Å². The van der Waals surface area contributed by atoms with Gasteiger partial charge in [0.15, 0.2) is 5.82 Å². The standard InChI is InChI=1S/C18H18FN3O4/c1-9-15-11(2-3-12(16(15)19)21-6-10(7-21)8-23)18(26)22(9)13-4-5-14(24)20-17(13)25/h2-3,8-10,13H,4-7H2,1H3,(H,20,24,25). The van der Waals surface area contributed by atoms with Crippen LogP contribution in [0.25, 0.3) is 0 Å². The van der Waals surface area contributed by atoms with Crippen molar-refractivity contribution in [1.82, 2.24) is 10.2 Å². The van der Waals surface area contributed by atoms with Crippen LogP contribution in [0.4, 0.5) is 10.1 Å². The molecule has 2 unspecified atom stereocenters. The summed E-state index contributed by atoms with van der Waals surface area (Å²) in [7, 11) is 0. The Labute approximate surface area is 149 Å². The van der Waals surface area contributed by atoms with E-state index in [0.717, 1.165) is 6.29 Å². The summed E-state index contributed by atoms with van der Waals surface area (Å²) in [6.07, 6.45) is 1.24. The lowest BCUT2D eigenvalue weighted by Crippen LogP contribution is -2.53. The molecule has 0 spiro atoms. The van der Waals surface area contributed by atoms with Crippen molar-refractivity contribution in [2.45, 2.75) is 31.8 Å². The van der Waals surface area contributed by atoms with Gasteiger partial charge in [-0.1, -0.05) is 0 Å². The number of carbonyl (C=O) groups is 4. The van der Waals surface area contributed by atoms with Crippen molar-refractivity contribution in [3.8, 4) is 0 Å². The molecular weight excluding hydrogens is 341 g/mol. The van der Waals surface area contributed by atoms with Gasteiger partial charge in [-0.3, -0.25) is 19.7 Å². The number of imide groups is 1. The van der Waals surface area contributed by atoms with Gasteiger partial charge >= 0.3 is 0 Å². The number of nitrogens with one attached hydrogen (secondary N) is 1. The monoisotopic (exact) mass is 359 g/mol. The molecule has 0 aromatic heterocycles. The number of halogens is 1. The zero-order chi connectivity index (χ0) is 18.6. The molecule has 1 N–H and O–H groups in total. The number of benzene rings is 1. The fraction of sp³-hybridized carbons (Fsp3) is 0.444. The predicted molar refractivity (Wildman–Crippen MR) is 88.9 cm³/mol. The van der Waals surface area contributed by atoms with Crippen LogP contribution < -0.4 is 10.2 Å². The van der Waals surface area contributed by atoms with Crippen molar-refractivity contribution in [2.75, 3.05) is 18.0 Å². The molecule has 3 amide bonds. The van der Waals surface area contributed by atoms with E-state index in [0.29, 0.717) is 18.8 Å². The first-order chi connectivity index (χ1) is 12.4. The van der Waals surface area contributed by atoms with Crippen molar-refractivity contribution in [1.29, 1.82) is 0 Å². The summed E-state index contributed by atoms with van der Waals surface area (Å²) >= 11 is 0. The molecule has 4 rings (SSSR count). The highest BCUT2D eigenvalue weighted by Gasteiger charge is 2.45. The minimum atomic E-state index is -0.783. The number of nitrogens with zero attached hydrogens (tertiary/aromatic N) is 2. The molecule has 0 radical (unpaired) electrons. The van der Waals surface area contributed by atoms with E-state index in [9.17, 15) is 19.2 Å². The summed E-state index contributed by atoms with van der Waals surface area (Å²) in [4.78, 5) is 50.2. The largest absolute Gasteiger partial charge is 0.368 e. The second-order valence-corrected chi connectivity index (χ2v) is 7.02. The average molecular weight is 359 g/mol. The molecule has 1 aromatic rings. The summed E-state index contributed by atoms with van der Waals surface area (Å²) in [5, 5.41) is 2.24. The third-order valence-corrected chi connectivity index (χ3v) is 5.45. The van der Waals surface area contributed by atoms with Gasteiger partial charge in [-0.25, -0.2) is 4.39 Å². The van der Waals surface area contributed by atoms with E-state index in [2.05, 4.69) is 5.32 Å². The van der Waals surface area contributed by atoms with Gasteiger partial charge in [0, 0.05) is 36.6 Å². The Bertz CT molecular complexity index is 834. The summed E-state index contributed by atoms with van der Waals surface area (Å²) in [5.41, 5.74) is 0.884. The highest BCUT2D eigenvalue weighted by atomic mass is 19.1. The van der Waals surface area contributed by atoms with Crippen LogP contribution >= 0.6 is 0 Å². The number of aldehydes is 1. The Morgan fingerprint density at radius 1 is 1.23 bits per heavy atom. The Hall–Kier alpha value is -2.77. The summed E-state index contributed by atoms with van der Waals surface area (Å²) < 4.78 is 15.1. The topological polar surface area (TPSA) is 86.8 Å². The molecule has 2 atom stereocenters. The lowest BCUT2D eigenvalue weighted by molar-refractivity contribution is -0.137. The number of rotatable bonds is 3. The van der Waals surface area contributed by atoms with Crippen molar-refractivity contribution in [3.63, 3.8) is 0 Å². The van der Waals surface area contributed by atoms with Crippen LogP contribution in [0.5, 0.6) is 0 Å². The number of hydrogen-bond acceptors (Lipinski definition) is 5. The van der Waals surface area contributed by atoms with Gasteiger partial charge in [0.05, 0.1) is 11.7 Å². The summed E-state index contributed by atoms with van der Waals surface area (Å²) in [6, 6.07) is 1.74. The molecule has 26 heavy (non-hydrogen) atoms. The number of hydrogen-bond donors (Lipinski definition) is 1. The van der Waals surface area contributed by atoms with Crippen molar-refractivity contribution >= 4 is 29.7 Å². The quantitative estimate of drug-likeness (QED) is 0.637. The molecular formula is C18H18FN3O4. The average Bonchev–Trinajstić information content (AvgIpc) is 2.81. The normalized spacial score (nSPS) is 25.8. The summed E-state index contributed by atoms with van der Waals surface area (Å²) in [5.74, 6) is -1.86. The van der Waals surface area contributed by atoms with E-state index in [-0.39, 0.29) is 35.8 Å². The number of anilines is 1. The Morgan fingerprint density at radius 2 is 1.96 bits per heavy atom. The van der Waals surface area contributed by atoms with E-state index in [1.165, 1.54) is 4.90 Å². The Kier molecular flexibility index (Phi) is 3.78. The maximum absolute atomic E-state index is 15.1. The van der Waals surface area contributed by atoms with Gasteiger partial charge in [-0.2, -0.15) is 0 Å². The lowest BCUT2D eigenvalue weighted by atomic mass is 9.97. The minimum Gasteiger partial charge on any atom is -0.368 e.